The van der Waals surface area contributed by atoms with Gasteiger partial charge in [0.1, 0.15) is 5.54 Å². The summed E-state index contributed by atoms with van der Waals surface area (Å²) in [6, 6.07) is 0.420. The fourth-order valence-corrected chi connectivity index (χ4v) is 4.43. The molecule has 1 N–H and O–H groups in total. The van der Waals surface area contributed by atoms with Crippen molar-refractivity contribution in [3.63, 3.8) is 0 Å². The number of hydrogen-bond donors (Lipinski definition) is 1. The Labute approximate surface area is 144 Å². The van der Waals surface area contributed by atoms with Crippen molar-refractivity contribution in [1.82, 2.24) is 15.1 Å². The Bertz CT molecular complexity index is 488. The van der Waals surface area contributed by atoms with Crippen LogP contribution < -0.4 is 5.32 Å². The number of ether oxygens (including phenoxy) is 1. The first-order chi connectivity index (χ1) is 11.5. The standard InChI is InChI=1S/C18H31N3O3/c1-4-14-11-21(12-16(14)20-7-9-24-10-8-20)17(23)18(3,15-5-6-15)19-13(2)22/h14-16H,4-12H2,1-3H3,(H,19,22). The molecule has 1 saturated carbocycles. The molecule has 0 bridgehead atoms. The van der Waals surface area contributed by atoms with Crippen LogP contribution in [0.15, 0.2) is 0 Å². The van der Waals surface area contributed by atoms with Crippen LogP contribution in [-0.4, -0.2) is 72.6 Å². The fraction of sp³-hybridized carbons (Fsp3) is 0.889. The minimum atomic E-state index is -0.732. The molecule has 3 atom stereocenters. The van der Waals surface area contributed by atoms with Crippen LogP contribution >= 0.6 is 0 Å². The third-order valence-corrected chi connectivity index (χ3v) is 6.01. The van der Waals surface area contributed by atoms with Gasteiger partial charge in [0.2, 0.25) is 11.8 Å². The molecule has 0 radical (unpaired) electrons. The summed E-state index contributed by atoms with van der Waals surface area (Å²) >= 11 is 0. The van der Waals surface area contributed by atoms with Gasteiger partial charge in [0.15, 0.2) is 0 Å². The average Bonchev–Trinajstić information content (AvgIpc) is 3.34. The van der Waals surface area contributed by atoms with Crippen LogP contribution in [0, 0.1) is 11.8 Å². The maximum atomic E-state index is 13.2. The second kappa shape index (κ2) is 7.00. The van der Waals surface area contributed by atoms with Crippen molar-refractivity contribution in [1.29, 1.82) is 0 Å². The number of rotatable bonds is 5. The lowest BCUT2D eigenvalue weighted by atomic mass is 9.93. The number of nitrogens with zero attached hydrogens (tertiary/aromatic N) is 2. The highest BCUT2D eigenvalue weighted by Crippen LogP contribution is 2.41. The molecular weight excluding hydrogens is 306 g/mol. The molecule has 2 saturated heterocycles. The minimum Gasteiger partial charge on any atom is -0.379 e. The van der Waals surface area contributed by atoms with Gasteiger partial charge >= 0.3 is 0 Å². The summed E-state index contributed by atoms with van der Waals surface area (Å²) in [5.41, 5.74) is -0.732. The lowest BCUT2D eigenvalue weighted by Crippen LogP contribution is -2.59. The molecule has 1 aliphatic carbocycles. The molecule has 0 spiro atoms. The second-order valence-electron chi connectivity index (χ2n) is 7.75. The van der Waals surface area contributed by atoms with Crippen LogP contribution in [0.4, 0.5) is 0 Å². The van der Waals surface area contributed by atoms with Gasteiger partial charge in [-0.25, -0.2) is 0 Å². The van der Waals surface area contributed by atoms with E-state index in [0.717, 1.165) is 58.7 Å². The Morgan fingerprint density at radius 3 is 2.42 bits per heavy atom. The van der Waals surface area contributed by atoms with Gasteiger partial charge in [-0.2, -0.15) is 0 Å². The lowest BCUT2D eigenvalue weighted by molar-refractivity contribution is -0.141. The van der Waals surface area contributed by atoms with E-state index in [9.17, 15) is 9.59 Å². The molecule has 0 aromatic rings. The summed E-state index contributed by atoms with van der Waals surface area (Å²) in [5, 5.41) is 2.96. The third-order valence-electron chi connectivity index (χ3n) is 6.01. The molecule has 2 heterocycles. The van der Waals surface area contributed by atoms with Crippen molar-refractivity contribution in [3.05, 3.63) is 0 Å². The summed E-state index contributed by atoms with van der Waals surface area (Å²) in [4.78, 5) is 29.4. The van der Waals surface area contributed by atoms with E-state index in [1.807, 2.05) is 11.8 Å². The largest absolute Gasteiger partial charge is 0.379 e. The topological polar surface area (TPSA) is 61.9 Å². The Balaban J connectivity index is 1.71. The second-order valence-corrected chi connectivity index (χ2v) is 7.75. The summed E-state index contributed by atoms with van der Waals surface area (Å²) in [6.07, 6.45) is 3.13. The number of likely N-dealkylation sites (tertiary alicyclic amines) is 1. The Morgan fingerprint density at radius 2 is 1.88 bits per heavy atom. The molecule has 3 aliphatic rings. The molecule has 0 aromatic heterocycles. The predicted molar refractivity (Wildman–Crippen MR) is 91.5 cm³/mol. The van der Waals surface area contributed by atoms with Crippen molar-refractivity contribution in [2.75, 3.05) is 39.4 Å². The zero-order valence-corrected chi connectivity index (χ0v) is 15.2. The summed E-state index contributed by atoms with van der Waals surface area (Å²) < 4.78 is 5.47. The molecule has 6 nitrogen and oxygen atoms in total. The molecule has 0 aromatic carbocycles. The van der Waals surface area contributed by atoms with Crippen LogP contribution in [0.25, 0.3) is 0 Å². The molecule has 136 valence electrons. The maximum Gasteiger partial charge on any atom is 0.248 e. The third kappa shape index (κ3) is 3.45. The van der Waals surface area contributed by atoms with E-state index in [1.54, 1.807) is 0 Å². The van der Waals surface area contributed by atoms with Crippen LogP contribution in [0.1, 0.15) is 40.0 Å². The van der Waals surface area contributed by atoms with Gasteiger partial charge in [0.05, 0.1) is 13.2 Å². The number of amides is 2. The lowest BCUT2D eigenvalue weighted by Gasteiger charge is -2.35. The van der Waals surface area contributed by atoms with E-state index < -0.39 is 5.54 Å². The first kappa shape index (κ1) is 17.7. The normalized spacial score (nSPS) is 30.9. The van der Waals surface area contributed by atoms with E-state index in [-0.39, 0.29) is 17.7 Å². The van der Waals surface area contributed by atoms with Gasteiger partial charge in [-0.3, -0.25) is 14.5 Å². The number of carbonyl (C=O) groups excluding carboxylic acids is 2. The molecular formula is C18H31N3O3. The van der Waals surface area contributed by atoms with Crippen LogP contribution in [0.3, 0.4) is 0 Å². The van der Waals surface area contributed by atoms with Gasteiger partial charge in [-0.05, 0) is 31.6 Å². The van der Waals surface area contributed by atoms with Crippen molar-refractivity contribution in [2.24, 2.45) is 11.8 Å². The summed E-state index contributed by atoms with van der Waals surface area (Å²) in [5.74, 6) is 0.785. The van der Waals surface area contributed by atoms with E-state index in [1.165, 1.54) is 6.92 Å². The Morgan fingerprint density at radius 1 is 1.21 bits per heavy atom. The van der Waals surface area contributed by atoms with Crippen LogP contribution in [0.2, 0.25) is 0 Å². The fourth-order valence-electron chi connectivity index (χ4n) is 4.43. The van der Waals surface area contributed by atoms with Crippen LogP contribution in [-0.2, 0) is 14.3 Å². The van der Waals surface area contributed by atoms with E-state index >= 15 is 0 Å². The first-order valence-electron chi connectivity index (χ1n) is 9.35. The van der Waals surface area contributed by atoms with Crippen molar-refractivity contribution in [2.45, 2.75) is 51.6 Å². The predicted octanol–water partition coefficient (Wildman–Crippen LogP) is 0.860. The van der Waals surface area contributed by atoms with Crippen molar-refractivity contribution >= 4 is 11.8 Å². The highest BCUT2D eigenvalue weighted by atomic mass is 16.5. The number of morpholine rings is 1. The SMILES string of the molecule is CCC1CN(C(=O)C(C)(NC(C)=O)C2CC2)CC1N1CCOCC1. The van der Waals surface area contributed by atoms with Gasteiger partial charge in [-0.1, -0.05) is 13.3 Å². The van der Waals surface area contributed by atoms with Crippen molar-refractivity contribution in [3.8, 4) is 0 Å². The zero-order valence-electron chi connectivity index (χ0n) is 15.2. The highest BCUT2D eigenvalue weighted by Gasteiger charge is 2.51. The molecule has 2 aliphatic heterocycles. The first-order valence-corrected chi connectivity index (χ1v) is 9.35. The molecule has 3 unspecified atom stereocenters. The van der Waals surface area contributed by atoms with Gasteiger partial charge in [0, 0.05) is 39.1 Å². The molecule has 6 heteroatoms. The quantitative estimate of drug-likeness (QED) is 0.808. The zero-order chi connectivity index (χ0) is 17.3. The molecule has 2 amide bonds. The smallest absolute Gasteiger partial charge is 0.248 e. The maximum absolute atomic E-state index is 13.2. The number of nitrogens with one attached hydrogen (secondary N) is 1. The molecule has 24 heavy (non-hydrogen) atoms. The Kier molecular flexibility index (Phi) is 5.16. The summed E-state index contributed by atoms with van der Waals surface area (Å²) in [7, 11) is 0. The number of carbonyl (C=O) groups is 2. The number of hydrogen-bond acceptors (Lipinski definition) is 4. The van der Waals surface area contributed by atoms with Gasteiger partial charge < -0.3 is 15.0 Å². The van der Waals surface area contributed by atoms with Gasteiger partial charge in [-0.15, -0.1) is 0 Å². The average molecular weight is 337 g/mol. The van der Waals surface area contributed by atoms with E-state index in [4.69, 9.17) is 4.74 Å². The van der Waals surface area contributed by atoms with Crippen molar-refractivity contribution < 1.29 is 14.3 Å². The van der Waals surface area contributed by atoms with E-state index in [0.29, 0.717) is 12.0 Å². The minimum absolute atomic E-state index is 0.106. The van der Waals surface area contributed by atoms with E-state index in [2.05, 4.69) is 17.1 Å². The molecule has 3 fully saturated rings. The summed E-state index contributed by atoms with van der Waals surface area (Å²) in [6.45, 7) is 10.7. The van der Waals surface area contributed by atoms with Gasteiger partial charge in [0.25, 0.3) is 0 Å². The highest BCUT2D eigenvalue weighted by molar-refractivity contribution is 5.91. The molecule has 3 rings (SSSR count). The van der Waals surface area contributed by atoms with Crippen LogP contribution in [0.5, 0.6) is 0 Å². The monoisotopic (exact) mass is 337 g/mol. The Hall–Kier alpha value is -1.14.